The van der Waals surface area contributed by atoms with E-state index in [0.717, 1.165) is 0 Å². The lowest BCUT2D eigenvalue weighted by molar-refractivity contribution is 1.44. The zero-order valence-corrected chi connectivity index (χ0v) is 13.0. The molecule has 0 bridgehead atoms. The Labute approximate surface area is 169 Å². The van der Waals surface area contributed by atoms with Crippen LogP contribution >= 0.6 is 0 Å². The van der Waals surface area contributed by atoms with Gasteiger partial charge in [-0.15, -0.1) is 0 Å². The van der Waals surface area contributed by atoms with Gasteiger partial charge in [0.2, 0.25) is 0 Å². The molecule has 0 aliphatic heterocycles. The number of hydrogen-bond donors (Lipinski definition) is 0. The predicted molar refractivity (Wildman–Crippen MR) is 106 cm³/mol. The highest BCUT2D eigenvalue weighted by atomic mass is 14.2. The highest BCUT2D eigenvalue weighted by Crippen LogP contribution is 2.48. The van der Waals surface area contributed by atoms with E-state index in [0.29, 0.717) is 0 Å². The molecule has 0 N–H and O–H groups in total. The van der Waals surface area contributed by atoms with Crippen molar-refractivity contribution < 1.29 is 20.6 Å². The highest BCUT2D eigenvalue weighted by molar-refractivity contribution is 6.03. The third kappa shape index (κ3) is 2.08. The largest absolute Gasteiger partial charge is 0.0629 e. The molecule has 25 heavy (non-hydrogen) atoms. The molecule has 0 heteroatoms. The van der Waals surface area contributed by atoms with Crippen LogP contribution in [-0.4, -0.2) is 0 Å². The first kappa shape index (κ1) is 5.71. The van der Waals surface area contributed by atoms with Gasteiger partial charge in [0.1, 0.15) is 0 Å². The Hall–Kier alpha value is -3.12. The fraction of sp³-hybridized carbons (Fsp3) is 0.0400. The van der Waals surface area contributed by atoms with Gasteiger partial charge >= 0.3 is 0 Å². The number of fused-ring (bicyclic) bond motifs is 8. The van der Waals surface area contributed by atoms with Gasteiger partial charge in [-0.05, 0) is 57.0 Å². The van der Waals surface area contributed by atoms with E-state index in [1.54, 1.807) is 0 Å². The minimum Gasteiger partial charge on any atom is -0.0616 e. The zero-order valence-electron chi connectivity index (χ0n) is 28.0. The summed E-state index contributed by atoms with van der Waals surface area (Å²) in [5.74, 6) is 0. The summed E-state index contributed by atoms with van der Waals surface area (Å²) in [4.78, 5) is 0. The zero-order chi connectivity index (χ0) is 29.9. The van der Waals surface area contributed by atoms with E-state index in [9.17, 15) is 0 Å². The monoisotopic (exact) mass is 333 g/mol. The second-order valence-corrected chi connectivity index (χ2v) is 5.50. The van der Waals surface area contributed by atoms with Gasteiger partial charge in [-0.25, -0.2) is 0 Å². The smallest absolute Gasteiger partial charge is 0.0616 e. The summed E-state index contributed by atoms with van der Waals surface area (Å²) in [5, 5.41) is 0. The molecule has 0 atom stereocenters. The first-order chi connectivity index (χ1) is 18.6. The van der Waals surface area contributed by atoms with Crippen LogP contribution in [0.25, 0.3) is 44.5 Å². The van der Waals surface area contributed by atoms with Crippen molar-refractivity contribution in [3.8, 4) is 44.5 Å². The van der Waals surface area contributed by atoms with Crippen LogP contribution in [0.5, 0.6) is 0 Å². The van der Waals surface area contributed by atoms with E-state index in [1.807, 2.05) is 0 Å². The topological polar surface area (TPSA) is 0 Å². The summed E-state index contributed by atoms with van der Waals surface area (Å²) < 4.78 is 128. The Balaban J connectivity index is 2.32. The molecule has 4 aromatic rings. The van der Waals surface area contributed by atoms with Crippen LogP contribution in [-0.2, 0) is 0 Å². The van der Waals surface area contributed by atoms with Crippen LogP contribution in [0.3, 0.4) is 0 Å². The number of rotatable bonds is 0. The molecular formula is C25H18. The van der Waals surface area contributed by atoms with Crippen LogP contribution in [0, 0.1) is 6.92 Å². The third-order valence-corrected chi connectivity index (χ3v) is 4.12. The first-order valence-corrected chi connectivity index (χ1v) is 7.50. The maximum Gasteiger partial charge on any atom is 0.0629 e. The summed E-state index contributed by atoms with van der Waals surface area (Å²) in [5.41, 5.74) is -2.74. The van der Waals surface area contributed by atoms with Crippen molar-refractivity contribution in [1.29, 1.82) is 0 Å². The van der Waals surface area contributed by atoms with Gasteiger partial charge in [-0.2, -0.15) is 0 Å². The van der Waals surface area contributed by atoms with Gasteiger partial charge in [0.15, 0.2) is 0 Å². The Morgan fingerprint density at radius 2 is 0.800 bits per heavy atom. The van der Waals surface area contributed by atoms with E-state index in [1.165, 1.54) is 6.92 Å². The second-order valence-electron chi connectivity index (χ2n) is 5.50. The van der Waals surface area contributed by atoms with Crippen LogP contribution in [0.2, 0.25) is 0 Å². The average molecular weight is 334 g/mol. The summed E-state index contributed by atoms with van der Waals surface area (Å²) in [7, 11) is 0. The molecule has 0 amide bonds. The molecule has 0 radical (unpaired) electrons. The molecular weight excluding hydrogens is 300 g/mol. The Kier molecular flexibility index (Phi) is 1.25. The molecule has 0 heterocycles. The van der Waals surface area contributed by atoms with Gasteiger partial charge in [0.05, 0.1) is 20.6 Å². The second kappa shape index (κ2) is 5.46. The fourth-order valence-corrected chi connectivity index (χ4v) is 3.06. The minimum atomic E-state index is -0.741. The molecule has 0 fully saturated rings. The predicted octanol–water partition coefficient (Wildman–Crippen LogP) is 6.98. The van der Waals surface area contributed by atoms with Crippen molar-refractivity contribution in [1.82, 2.24) is 0 Å². The molecule has 0 spiro atoms. The molecule has 5 rings (SSSR count). The highest BCUT2D eigenvalue weighted by Gasteiger charge is 2.21. The Morgan fingerprint density at radius 1 is 0.440 bits per heavy atom. The molecule has 1 aliphatic rings. The normalized spacial score (nSPS) is 19.8. The third-order valence-electron chi connectivity index (χ3n) is 4.12. The Morgan fingerprint density at radius 3 is 1.32 bits per heavy atom. The summed E-state index contributed by atoms with van der Waals surface area (Å²) in [6.45, 7) is 1.39. The summed E-state index contributed by atoms with van der Waals surface area (Å²) in [6.07, 6.45) is 0. The van der Waals surface area contributed by atoms with Crippen molar-refractivity contribution in [3.63, 3.8) is 0 Å². The van der Waals surface area contributed by atoms with E-state index < -0.39 is 107 Å². The van der Waals surface area contributed by atoms with E-state index >= 15 is 0 Å². The van der Waals surface area contributed by atoms with Crippen molar-refractivity contribution in [3.05, 3.63) is 96.2 Å². The molecule has 1 aliphatic carbocycles. The molecule has 0 nitrogen and oxygen atoms in total. The van der Waals surface area contributed by atoms with Crippen molar-refractivity contribution in [2.24, 2.45) is 0 Å². The maximum absolute atomic E-state index is 8.82. The maximum atomic E-state index is 8.82. The SMILES string of the molecule is [2H]c1c([2H])c([2H])c2c(c1[2H])-c1c([2H])c([2H])c([2H])c([2H])c1-c1c([2H])c([2H])c([2H])c(C)c1-c1c([2H])c([2H])c([2H])c([2H])c1-2. The van der Waals surface area contributed by atoms with Crippen LogP contribution < -0.4 is 0 Å². The number of benzene rings is 4. The van der Waals surface area contributed by atoms with Crippen LogP contribution in [0.4, 0.5) is 0 Å². The Bertz CT molecular complexity index is 1430. The average Bonchev–Trinajstić information content (AvgIpc) is 2.92. The standard InChI is InChI=1S/C25H18/c1-17-9-8-16-24-22-13-5-4-12-20(22)18-10-2-3-11-19(18)21-14-6-7-15-23(21)25(17)24/h2-16H,1H3/i2D,3D,4D,5D,6D,7D,8D,9D,10D,11D,12D,13D,14D,15D,16D. The quantitative estimate of drug-likeness (QED) is 0.287. The van der Waals surface area contributed by atoms with Gasteiger partial charge in [0.25, 0.3) is 0 Å². The lowest BCUT2D eigenvalue weighted by Crippen LogP contribution is -1.98. The van der Waals surface area contributed by atoms with Gasteiger partial charge in [0, 0.05) is 0 Å². The molecule has 0 aromatic heterocycles. The molecule has 0 unspecified atom stereocenters. The van der Waals surface area contributed by atoms with Gasteiger partial charge < -0.3 is 0 Å². The fourth-order valence-electron chi connectivity index (χ4n) is 3.06. The van der Waals surface area contributed by atoms with E-state index in [-0.39, 0.29) is 33.4 Å². The summed E-state index contributed by atoms with van der Waals surface area (Å²) in [6, 6.07) is -10.1. The minimum absolute atomic E-state index is 0.00933. The van der Waals surface area contributed by atoms with Gasteiger partial charge in [-0.1, -0.05) is 90.6 Å². The number of hydrogen-bond acceptors (Lipinski definition) is 0. The molecule has 0 saturated carbocycles. The summed E-state index contributed by atoms with van der Waals surface area (Å²) >= 11 is 0. The van der Waals surface area contributed by atoms with Crippen LogP contribution in [0.1, 0.15) is 26.1 Å². The first-order valence-electron chi connectivity index (χ1n) is 15.0. The van der Waals surface area contributed by atoms with Crippen molar-refractivity contribution >= 4 is 0 Å². The lowest BCUT2D eigenvalue weighted by atomic mass is 9.80. The van der Waals surface area contributed by atoms with Crippen molar-refractivity contribution in [2.75, 3.05) is 0 Å². The van der Waals surface area contributed by atoms with E-state index in [2.05, 4.69) is 0 Å². The van der Waals surface area contributed by atoms with E-state index in [4.69, 9.17) is 20.6 Å². The van der Waals surface area contributed by atoms with Crippen LogP contribution in [0.15, 0.2) is 90.6 Å². The molecule has 118 valence electrons. The molecule has 0 saturated heterocycles. The van der Waals surface area contributed by atoms with Crippen molar-refractivity contribution in [2.45, 2.75) is 6.92 Å². The molecule has 4 aromatic carbocycles. The lowest BCUT2D eigenvalue weighted by Gasteiger charge is -2.24. The van der Waals surface area contributed by atoms with Gasteiger partial charge in [-0.3, -0.25) is 0 Å².